The van der Waals surface area contributed by atoms with Crippen molar-refractivity contribution in [2.24, 2.45) is 0 Å². The van der Waals surface area contributed by atoms with Gasteiger partial charge in [0.05, 0.1) is 10.8 Å². The Morgan fingerprint density at radius 3 is 2.84 bits per heavy atom. The van der Waals surface area contributed by atoms with E-state index in [4.69, 9.17) is 11.6 Å². The molecule has 1 N–H and O–H groups in total. The van der Waals surface area contributed by atoms with E-state index in [1.54, 1.807) is 4.90 Å². The Morgan fingerprint density at radius 2 is 2.20 bits per heavy atom. The Labute approximate surface area is 156 Å². The minimum absolute atomic E-state index is 0.0522. The van der Waals surface area contributed by atoms with Crippen LogP contribution < -0.4 is 10.2 Å². The van der Waals surface area contributed by atoms with Gasteiger partial charge in [-0.1, -0.05) is 34.7 Å². The molecule has 1 aromatic carbocycles. The third-order valence-electron chi connectivity index (χ3n) is 3.38. The fourth-order valence-corrected chi connectivity index (χ4v) is 4.07. The first-order valence-corrected chi connectivity index (χ1v) is 9.63. The molecule has 0 aliphatic heterocycles. The summed E-state index contributed by atoms with van der Waals surface area (Å²) in [6.07, 6.45) is 1.95. The maximum atomic E-state index is 13.1. The van der Waals surface area contributed by atoms with Crippen LogP contribution in [0, 0.1) is 5.82 Å². The summed E-state index contributed by atoms with van der Waals surface area (Å²) in [7, 11) is 0. The van der Waals surface area contributed by atoms with Crippen molar-refractivity contribution in [3.63, 3.8) is 0 Å². The van der Waals surface area contributed by atoms with Gasteiger partial charge in [-0.2, -0.15) is 0 Å². The predicted octanol–water partition coefficient (Wildman–Crippen LogP) is 3.58. The first-order valence-electron chi connectivity index (χ1n) is 7.45. The first-order chi connectivity index (χ1) is 11.9. The topological polar surface area (TPSA) is 75.2 Å². The van der Waals surface area contributed by atoms with Crippen LogP contribution in [0.3, 0.4) is 0 Å². The van der Waals surface area contributed by atoms with Crippen molar-refractivity contribution in [1.29, 1.82) is 0 Å². The van der Waals surface area contributed by atoms with Crippen molar-refractivity contribution in [2.75, 3.05) is 16.0 Å². The molecule has 1 saturated carbocycles. The van der Waals surface area contributed by atoms with E-state index in [-0.39, 0.29) is 28.6 Å². The average Bonchev–Trinajstić information content (AvgIpc) is 3.27. The van der Waals surface area contributed by atoms with Crippen LogP contribution in [0.2, 0.25) is 5.02 Å². The summed E-state index contributed by atoms with van der Waals surface area (Å²) in [6, 6.07) is 4.20. The number of benzene rings is 1. The zero-order valence-electron chi connectivity index (χ0n) is 13.2. The SMILES string of the molecule is CC(=O)N(c1nnc(SCC(=O)Nc2ccc(F)c(Cl)c2)s1)C1CC1. The van der Waals surface area contributed by atoms with Gasteiger partial charge in [-0.05, 0) is 31.0 Å². The molecule has 2 aromatic rings. The van der Waals surface area contributed by atoms with Gasteiger partial charge in [0.15, 0.2) is 4.34 Å². The molecule has 1 aliphatic carbocycles. The number of halogens is 2. The lowest BCUT2D eigenvalue weighted by atomic mass is 10.3. The third kappa shape index (κ3) is 4.68. The third-order valence-corrected chi connectivity index (χ3v) is 5.73. The molecule has 0 unspecified atom stereocenters. The molecule has 1 aliphatic rings. The average molecular weight is 401 g/mol. The van der Waals surface area contributed by atoms with Gasteiger partial charge >= 0.3 is 0 Å². The number of aromatic nitrogens is 2. The molecule has 0 radical (unpaired) electrons. The number of nitrogens with one attached hydrogen (secondary N) is 1. The summed E-state index contributed by atoms with van der Waals surface area (Å²) in [6.45, 7) is 1.51. The van der Waals surface area contributed by atoms with Crippen molar-refractivity contribution >= 4 is 57.3 Å². The molecule has 1 fully saturated rings. The number of anilines is 2. The Morgan fingerprint density at radius 1 is 1.44 bits per heavy atom. The lowest BCUT2D eigenvalue weighted by Crippen LogP contribution is -2.30. The van der Waals surface area contributed by atoms with Crippen molar-refractivity contribution < 1.29 is 14.0 Å². The number of hydrogen-bond donors (Lipinski definition) is 1. The van der Waals surface area contributed by atoms with Gasteiger partial charge < -0.3 is 5.32 Å². The number of rotatable bonds is 6. The second-order valence-electron chi connectivity index (χ2n) is 5.44. The number of nitrogens with zero attached hydrogens (tertiary/aromatic N) is 3. The van der Waals surface area contributed by atoms with Gasteiger partial charge in [0.25, 0.3) is 0 Å². The summed E-state index contributed by atoms with van der Waals surface area (Å²) in [4.78, 5) is 25.3. The van der Waals surface area contributed by atoms with E-state index < -0.39 is 5.82 Å². The van der Waals surface area contributed by atoms with Crippen LogP contribution in [-0.2, 0) is 9.59 Å². The van der Waals surface area contributed by atoms with E-state index in [1.807, 2.05) is 0 Å². The Kier molecular flexibility index (Phi) is 5.55. The minimum atomic E-state index is -0.541. The number of carbonyl (C=O) groups is 2. The molecule has 3 rings (SSSR count). The van der Waals surface area contributed by atoms with Crippen LogP contribution >= 0.6 is 34.7 Å². The van der Waals surface area contributed by atoms with Gasteiger partial charge in [0.2, 0.25) is 16.9 Å². The standard InChI is InChI=1S/C15H14ClFN4O2S2/c1-8(22)21(10-3-4-10)14-19-20-15(25-14)24-7-13(23)18-9-2-5-12(17)11(16)6-9/h2,5-6,10H,3-4,7H2,1H3,(H,18,23). The molecule has 10 heteroatoms. The molecule has 25 heavy (non-hydrogen) atoms. The van der Waals surface area contributed by atoms with E-state index in [1.165, 1.54) is 48.2 Å². The van der Waals surface area contributed by atoms with E-state index in [0.29, 0.717) is 15.2 Å². The molecule has 2 amide bonds. The smallest absolute Gasteiger partial charge is 0.234 e. The minimum Gasteiger partial charge on any atom is -0.325 e. The molecule has 1 aromatic heterocycles. The molecule has 0 saturated heterocycles. The highest BCUT2D eigenvalue weighted by molar-refractivity contribution is 8.01. The van der Waals surface area contributed by atoms with Crippen molar-refractivity contribution in [2.45, 2.75) is 30.1 Å². The van der Waals surface area contributed by atoms with Crippen molar-refractivity contribution in [3.05, 3.63) is 29.0 Å². The summed E-state index contributed by atoms with van der Waals surface area (Å²) < 4.78 is 13.7. The molecule has 1 heterocycles. The maximum absolute atomic E-state index is 13.1. The van der Waals surface area contributed by atoms with Crippen LogP contribution in [-0.4, -0.2) is 33.8 Å². The largest absolute Gasteiger partial charge is 0.325 e. The zero-order chi connectivity index (χ0) is 18.0. The highest BCUT2D eigenvalue weighted by atomic mass is 35.5. The van der Waals surface area contributed by atoms with Crippen molar-refractivity contribution in [3.8, 4) is 0 Å². The van der Waals surface area contributed by atoms with E-state index >= 15 is 0 Å². The van der Waals surface area contributed by atoms with Gasteiger partial charge in [-0.15, -0.1) is 10.2 Å². The van der Waals surface area contributed by atoms with E-state index in [2.05, 4.69) is 15.5 Å². The number of thioether (sulfide) groups is 1. The Bertz CT molecular complexity index is 813. The van der Waals surface area contributed by atoms with Gasteiger partial charge in [0, 0.05) is 18.7 Å². The van der Waals surface area contributed by atoms with Crippen LogP contribution in [0.4, 0.5) is 15.2 Å². The zero-order valence-corrected chi connectivity index (χ0v) is 15.6. The monoisotopic (exact) mass is 400 g/mol. The van der Waals surface area contributed by atoms with Crippen LogP contribution in [0.15, 0.2) is 22.5 Å². The van der Waals surface area contributed by atoms with Crippen LogP contribution in [0.25, 0.3) is 0 Å². The highest BCUT2D eigenvalue weighted by Crippen LogP contribution is 2.35. The van der Waals surface area contributed by atoms with Gasteiger partial charge in [0.1, 0.15) is 5.82 Å². The summed E-state index contributed by atoms with van der Waals surface area (Å²) in [5, 5.41) is 11.2. The Balaban J connectivity index is 1.55. The maximum Gasteiger partial charge on any atom is 0.234 e. The fourth-order valence-electron chi connectivity index (χ4n) is 2.14. The lowest BCUT2D eigenvalue weighted by Gasteiger charge is -2.15. The number of carbonyl (C=O) groups excluding carboxylic acids is 2. The highest BCUT2D eigenvalue weighted by Gasteiger charge is 2.34. The molecule has 6 nitrogen and oxygen atoms in total. The molecular formula is C15H14ClFN4O2S2. The number of amides is 2. The van der Waals surface area contributed by atoms with Crippen LogP contribution in [0.1, 0.15) is 19.8 Å². The van der Waals surface area contributed by atoms with E-state index in [0.717, 1.165) is 12.8 Å². The van der Waals surface area contributed by atoms with Crippen molar-refractivity contribution in [1.82, 2.24) is 10.2 Å². The summed E-state index contributed by atoms with van der Waals surface area (Å²) in [5.41, 5.74) is 0.423. The summed E-state index contributed by atoms with van der Waals surface area (Å²) in [5.74, 6) is -0.745. The van der Waals surface area contributed by atoms with Gasteiger partial charge in [-0.25, -0.2) is 4.39 Å². The Hall–Kier alpha value is -1.71. The normalized spacial score (nSPS) is 13.6. The molecule has 0 spiro atoms. The molecular weight excluding hydrogens is 387 g/mol. The summed E-state index contributed by atoms with van der Waals surface area (Å²) >= 11 is 8.19. The lowest BCUT2D eigenvalue weighted by molar-refractivity contribution is -0.116. The quantitative estimate of drug-likeness (QED) is 0.592. The fraction of sp³-hybridized carbons (Fsp3) is 0.333. The van der Waals surface area contributed by atoms with Crippen LogP contribution in [0.5, 0.6) is 0 Å². The molecule has 0 atom stereocenters. The predicted molar refractivity (Wildman–Crippen MR) is 96.9 cm³/mol. The molecule has 132 valence electrons. The number of hydrogen-bond acceptors (Lipinski definition) is 6. The first kappa shape index (κ1) is 18.1. The van der Waals surface area contributed by atoms with E-state index in [9.17, 15) is 14.0 Å². The second kappa shape index (κ2) is 7.67. The molecule has 0 bridgehead atoms. The second-order valence-corrected chi connectivity index (χ2v) is 8.02. The van der Waals surface area contributed by atoms with Gasteiger partial charge in [-0.3, -0.25) is 14.5 Å².